The molecule has 0 aliphatic carbocycles. The van der Waals surface area contributed by atoms with Crippen molar-refractivity contribution in [3.8, 4) is 46.0 Å². The van der Waals surface area contributed by atoms with E-state index in [0.29, 0.717) is 68.2 Å². The molecule has 11 heteroatoms. The molecule has 4 aromatic rings. The van der Waals surface area contributed by atoms with Crippen LogP contribution in [0.4, 0.5) is 0 Å². The lowest BCUT2D eigenvalue weighted by molar-refractivity contribution is 0.324. The van der Waals surface area contributed by atoms with Crippen molar-refractivity contribution in [1.82, 2.24) is 0 Å². The van der Waals surface area contributed by atoms with Gasteiger partial charge in [-0.3, -0.25) is 0 Å². The van der Waals surface area contributed by atoms with E-state index in [1.54, 1.807) is 111 Å². The van der Waals surface area contributed by atoms with Gasteiger partial charge in [-0.05, 0) is 70.8 Å². The Balaban J connectivity index is 1.90. The fourth-order valence-corrected chi connectivity index (χ4v) is 7.34. The molecule has 0 radical (unpaired) electrons. The number of ether oxygens (including phenoxy) is 8. The first-order valence-corrected chi connectivity index (χ1v) is 16.8. The van der Waals surface area contributed by atoms with E-state index in [4.69, 9.17) is 37.9 Å². The van der Waals surface area contributed by atoms with E-state index < -0.39 is 20.3 Å². The first kappa shape index (κ1) is 36.5. The summed E-state index contributed by atoms with van der Waals surface area (Å²) >= 11 is 0. The summed E-state index contributed by atoms with van der Waals surface area (Å²) in [6.07, 6.45) is 6.76. The maximum absolute atomic E-state index is 15.0. The van der Waals surface area contributed by atoms with Crippen LogP contribution in [-0.2, 0) is 9.84 Å². The van der Waals surface area contributed by atoms with E-state index in [-0.39, 0.29) is 0 Å². The third kappa shape index (κ3) is 8.24. The molecule has 4 aromatic carbocycles. The molecule has 10 nitrogen and oxygen atoms in total. The lowest BCUT2D eigenvalue weighted by atomic mass is 10.1. The molecule has 2 atom stereocenters. The van der Waals surface area contributed by atoms with Gasteiger partial charge in [-0.1, -0.05) is 48.6 Å². The molecule has 0 saturated heterocycles. The van der Waals surface area contributed by atoms with Gasteiger partial charge in [0.15, 0.2) is 32.8 Å². The van der Waals surface area contributed by atoms with Gasteiger partial charge in [0.05, 0.1) is 56.9 Å². The lowest BCUT2D eigenvalue weighted by Crippen LogP contribution is -2.19. The third-order valence-corrected chi connectivity index (χ3v) is 10.2. The van der Waals surface area contributed by atoms with E-state index in [1.165, 1.54) is 42.7 Å². The predicted octanol–water partition coefficient (Wildman–Crippen LogP) is 7.38. The molecule has 0 aliphatic heterocycles. The van der Waals surface area contributed by atoms with E-state index >= 15 is 0 Å². The lowest BCUT2D eigenvalue weighted by Gasteiger charge is -2.22. The van der Waals surface area contributed by atoms with Gasteiger partial charge < -0.3 is 37.9 Å². The summed E-state index contributed by atoms with van der Waals surface area (Å²) in [4.78, 5) is 0. The summed E-state index contributed by atoms with van der Waals surface area (Å²) in [6, 6.07) is 20.9. The van der Waals surface area contributed by atoms with Crippen LogP contribution in [0.5, 0.6) is 46.0 Å². The topological polar surface area (TPSA) is 108 Å². The highest BCUT2D eigenvalue weighted by molar-refractivity contribution is 7.92. The Bertz CT molecular complexity index is 1680. The summed E-state index contributed by atoms with van der Waals surface area (Å²) < 4.78 is 73.7. The fourth-order valence-electron chi connectivity index (χ4n) is 5.36. The van der Waals surface area contributed by atoms with Crippen LogP contribution in [0.15, 0.2) is 84.9 Å². The predicted molar refractivity (Wildman–Crippen MR) is 191 cm³/mol. The molecule has 4 rings (SSSR count). The highest BCUT2D eigenvalue weighted by Gasteiger charge is 2.34. The van der Waals surface area contributed by atoms with Gasteiger partial charge in [0.1, 0.15) is 22.0 Å². The molecule has 49 heavy (non-hydrogen) atoms. The second kappa shape index (κ2) is 16.7. The molecule has 0 amide bonds. The van der Waals surface area contributed by atoms with Crippen molar-refractivity contribution >= 4 is 22.0 Å². The minimum absolute atomic E-state index is 0.429. The largest absolute Gasteiger partial charge is 0.497 e. The second-order valence-corrected chi connectivity index (χ2v) is 12.8. The van der Waals surface area contributed by atoms with Crippen LogP contribution in [-0.4, -0.2) is 65.3 Å². The Labute approximate surface area is 288 Å². The molecule has 0 fully saturated rings. The highest BCUT2D eigenvalue weighted by Crippen LogP contribution is 2.42. The first-order chi connectivity index (χ1) is 23.7. The van der Waals surface area contributed by atoms with Crippen molar-refractivity contribution in [2.75, 3.05) is 56.9 Å². The Kier molecular flexibility index (Phi) is 12.5. The minimum Gasteiger partial charge on any atom is -0.497 e. The summed E-state index contributed by atoms with van der Waals surface area (Å²) in [6.45, 7) is 0. The fraction of sp³-hybridized carbons (Fsp3) is 0.263. The van der Waals surface area contributed by atoms with Gasteiger partial charge in [-0.15, -0.1) is 0 Å². The zero-order valence-corrected chi connectivity index (χ0v) is 29.7. The quantitative estimate of drug-likeness (QED) is 0.118. The van der Waals surface area contributed by atoms with Crippen molar-refractivity contribution in [3.05, 3.63) is 107 Å². The molecule has 2 unspecified atom stereocenters. The van der Waals surface area contributed by atoms with E-state index in [2.05, 4.69) is 0 Å². The molecule has 0 aromatic heterocycles. The van der Waals surface area contributed by atoms with Crippen LogP contribution < -0.4 is 37.9 Å². The van der Waals surface area contributed by atoms with Crippen molar-refractivity contribution in [2.24, 2.45) is 0 Å². The van der Waals surface area contributed by atoms with Gasteiger partial charge in [0, 0.05) is 0 Å². The number of methoxy groups -OCH3 is 8. The van der Waals surface area contributed by atoms with Crippen molar-refractivity contribution in [2.45, 2.75) is 10.5 Å². The molecule has 0 N–H and O–H groups in total. The summed E-state index contributed by atoms with van der Waals surface area (Å²) in [5.74, 6) is 3.81. The number of hydrogen-bond acceptors (Lipinski definition) is 10. The highest BCUT2D eigenvalue weighted by atomic mass is 32.2. The monoisotopic (exact) mass is 690 g/mol. The minimum atomic E-state index is -4.07. The molecule has 0 bridgehead atoms. The average molecular weight is 691 g/mol. The maximum atomic E-state index is 15.0. The third-order valence-electron chi connectivity index (χ3n) is 7.90. The van der Waals surface area contributed by atoms with Crippen LogP contribution in [0.1, 0.15) is 32.8 Å². The van der Waals surface area contributed by atoms with Crippen LogP contribution >= 0.6 is 0 Å². The van der Waals surface area contributed by atoms with E-state index in [0.717, 1.165) is 0 Å². The molecule has 0 aliphatic rings. The molecule has 0 heterocycles. The smallest absolute Gasteiger partial charge is 0.203 e. The number of sulfone groups is 1. The normalized spacial score (nSPS) is 12.7. The van der Waals surface area contributed by atoms with Crippen LogP contribution in [0.3, 0.4) is 0 Å². The van der Waals surface area contributed by atoms with Crippen LogP contribution in [0.2, 0.25) is 0 Å². The van der Waals surface area contributed by atoms with Crippen LogP contribution in [0.25, 0.3) is 12.2 Å². The number of benzene rings is 4. The maximum Gasteiger partial charge on any atom is 0.203 e. The van der Waals surface area contributed by atoms with Gasteiger partial charge in [0.2, 0.25) is 11.5 Å². The Morgan fingerprint density at radius 1 is 0.449 bits per heavy atom. The Morgan fingerprint density at radius 2 is 0.755 bits per heavy atom. The molecular formula is C38H42O10S. The molecule has 0 saturated carbocycles. The second-order valence-electron chi connectivity index (χ2n) is 10.6. The summed E-state index contributed by atoms with van der Waals surface area (Å²) in [7, 11) is 8.18. The van der Waals surface area contributed by atoms with E-state index in [1.807, 2.05) is 0 Å². The Hall–Kier alpha value is -5.29. The van der Waals surface area contributed by atoms with Gasteiger partial charge in [0.25, 0.3) is 0 Å². The zero-order chi connectivity index (χ0) is 35.6. The molecule has 260 valence electrons. The number of hydrogen-bond donors (Lipinski definition) is 0. The van der Waals surface area contributed by atoms with Crippen molar-refractivity contribution in [1.29, 1.82) is 0 Å². The van der Waals surface area contributed by atoms with Gasteiger partial charge >= 0.3 is 0 Å². The molecule has 0 spiro atoms. The molecular weight excluding hydrogens is 648 g/mol. The summed E-state index contributed by atoms with van der Waals surface area (Å²) in [5, 5.41) is -2.18. The van der Waals surface area contributed by atoms with Crippen molar-refractivity contribution in [3.63, 3.8) is 0 Å². The average Bonchev–Trinajstić information content (AvgIpc) is 3.14. The standard InChI is InChI=1S/C38H42O10S/c1-41-29-15-11-27(12-16-29)35(19-9-25-21-31(43-3)37(47-7)32(22-25)44-4)49(39,40)36(28-13-17-30(42-2)18-14-28)20-10-26-23-33(45-5)38(48-8)34(24-26)46-6/h9-24,35-36H,1-8H3. The Morgan fingerprint density at radius 3 is 1.00 bits per heavy atom. The first-order valence-electron chi connectivity index (χ1n) is 15.1. The summed E-state index contributed by atoms with van der Waals surface area (Å²) in [5.41, 5.74) is 2.39. The SMILES string of the molecule is COc1ccc(C(C=Cc2cc(OC)c(OC)c(OC)c2)S(=O)(=O)C(C=Cc2cc(OC)c(OC)c(OC)c2)c2ccc(OC)cc2)cc1. The zero-order valence-electron chi connectivity index (χ0n) is 28.9. The van der Waals surface area contributed by atoms with Gasteiger partial charge in [-0.25, -0.2) is 8.42 Å². The number of rotatable bonds is 16. The van der Waals surface area contributed by atoms with Gasteiger partial charge in [-0.2, -0.15) is 0 Å². The van der Waals surface area contributed by atoms with Crippen LogP contribution in [0, 0.1) is 0 Å². The van der Waals surface area contributed by atoms with E-state index in [9.17, 15) is 8.42 Å². The van der Waals surface area contributed by atoms with Crippen molar-refractivity contribution < 1.29 is 46.3 Å².